The molecule has 12 rings (SSSR count). The molecule has 350 valence electrons. The number of nitrogens with zero attached hydrogens (tertiary/aromatic N) is 9. The number of aromatic nitrogens is 1. The van der Waals surface area contributed by atoms with Crippen LogP contribution in [0.25, 0.3) is 27.5 Å². The second-order valence-electron chi connectivity index (χ2n) is 17.3. The number of rotatable bonds is 9. The van der Waals surface area contributed by atoms with Crippen molar-refractivity contribution in [3.63, 3.8) is 0 Å². The first kappa shape index (κ1) is 45.8. The SMILES string of the molecule is Cc1ccc(N2C=CN(c3[c-]c4c(cc3)c3ccc(N5C=CN(c6ccc(C)cc6)[CH-]5)[c-]c3n4-c3[c-]c(N4C=CN(c5ccc(C)cc5)[CH-]4)cc(N4C=CN(c5ccc(C)cc5)[CH-]4)[c-]3)[CH-]2)cc1.[Pd].[Pd]. The zero-order valence-corrected chi connectivity index (χ0v) is 41.3. The monoisotopic (exact) mass is 1080 g/mol. The molecule has 9 nitrogen and oxygen atoms in total. The van der Waals surface area contributed by atoms with Crippen molar-refractivity contribution >= 4 is 67.3 Å². The van der Waals surface area contributed by atoms with Gasteiger partial charge in [0.1, 0.15) is 0 Å². The van der Waals surface area contributed by atoms with Crippen LogP contribution in [0.3, 0.4) is 0 Å². The van der Waals surface area contributed by atoms with Gasteiger partial charge >= 0.3 is 0 Å². The Kier molecular flexibility index (Phi) is 12.5. The van der Waals surface area contributed by atoms with E-state index in [-0.39, 0.29) is 40.8 Å². The topological polar surface area (TPSA) is 30.9 Å². The average molecular weight is 1080 g/mol. The summed E-state index contributed by atoms with van der Waals surface area (Å²) >= 11 is 0. The second-order valence-corrected chi connectivity index (χ2v) is 17.3. The quantitative estimate of drug-likeness (QED) is 0.104. The standard InChI is InChI=1S/C58H45N9.2Pd/c1-42-5-13-46(14-6-42)59-25-29-63(38-59)50-21-23-55-56-24-22-51(64-30-26-60(39-64)47-15-7-43(2)8-16-47)37-58(56)67(57(55)36-50)54-34-52(65-31-27-61(40-65)48-17-9-44(3)10-18-48)33-53(35-54)66-32-28-62(41-66)49-19-11-45(4)12-20-49;;/h5-33,38-41H,1-4H3;;/q-8;;. The number of benzene rings is 7. The van der Waals surface area contributed by atoms with Crippen molar-refractivity contribution in [3.8, 4) is 5.69 Å². The van der Waals surface area contributed by atoms with Gasteiger partial charge in [-0.25, -0.2) is 23.1 Å². The molecule has 69 heavy (non-hydrogen) atoms. The van der Waals surface area contributed by atoms with Crippen LogP contribution in [0.4, 0.5) is 45.5 Å². The minimum atomic E-state index is 0. The maximum Gasteiger partial charge on any atom is 0.0124 e. The van der Waals surface area contributed by atoms with Crippen molar-refractivity contribution in [2.24, 2.45) is 0 Å². The first-order chi connectivity index (χ1) is 32.8. The van der Waals surface area contributed by atoms with Gasteiger partial charge < -0.3 is 55.9 Å². The van der Waals surface area contributed by atoms with E-state index in [9.17, 15) is 0 Å². The minimum Gasteiger partial charge on any atom is -0.519 e. The zero-order chi connectivity index (χ0) is 45.2. The van der Waals surface area contributed by atoms with E-state index < -0.39 is 0 Å². The minimum absolute atomic E-state index is 0. The Hall–Kier alpha value is -6.98. The zero-order valence-electron chi connectivity index (χ0n) is 38.2. The van der Waals surface area contributed by atoms with Gasteiger partial charge in [0.15, 0.2) is 0 Å². The average Bonchev–Trinajstić information content (AvgIpc) is 4.22. The molecule has 8 aromatic rings. The molecule has 0 radical (unpaired) electrons. The summed E-state index contributed by atoms with van der Waals surface area (Å²) in [5, 5.41) is 2.10. The molecule has 0 fully saturated rings. The number of hydrogen-bond donors (Lipinski definition) is 0. The maximum atomic E-state index is 3.86. The molecule has 0 N–H and O–H groups in total. The summed E-state index contributed by atoms with van der Waals surface area (Å²) in [5.41, 5.74) is 15.2. The summed E-state index contributed by atoms with van der Waals surface area (Å²) in [6.45, 7) is 16.8. The fourth-order valence-corrected chi connectivity index (χ4v) is 8.70. The number of hydrogen-bond acceptors (Lipinski definition) is 8. The predicted molar refractivity (Wildman–Crippen MR) is 274 cm³/mol. The second kappa shape index (κ2) is 18.8. The van der Waals surface area contributed by atoms with Crippen molar-refractivity contribution < 1.29 is 40.8 Å². The van der Waals surface area contributed by atoms with Crippen LogP contribution < -0.4 is 39.2 Å². The molecule has 1 aromatic heterocycles. The molecule has 0 unspecified atom stereocenters. The number of aryl methyl sites for hydroxylation is 4. The largest absolute Gasteiger partial charge is 0.519 e. The van der Waals surface area contributed by atoms with Gasteiger partial charge in [0.05, 0.1) is 0 Å². The van der Waals surface area contributed by atoms with E-state index >= 15 is 0 Å². The van der Waals surface area contributed by atoms with Gasteiger partial charge in [-0.05, 0) is 126 Å². The van der Waals surface area contributed by atoms with Gasteiger partial charge in [-0.2, -0.15) is 35.0 Å². The van der Waals surface area contributed by atoms with E-state index in [2.05, 4.69) is 299 Å². The third-order valence-electron chi connectivity index (χ3n) is 12.5. The van der Waals surface area contributed by atoms with Crippen molar-refractivity contribution in [3.05, 3.63) is 250 Å². The molecule has 0 atom stereocenters. The molecule has 4 aliphatic heterocycles. The van der Waals surface area contributed by atoms with Gasteiger partial charge in [0.25, 0.3) is 0 Å². The van der Waals surface area contributed by atoms with Gasteiger partial charge in [-0.15, -0.1) is 50.2 Å². The smallest absolute Gasteiger partial charge is 0.0124 e. The summed E-state index contributed by atoms with van der Waals surface area (Å²) in [6.07, 6.45) is 16.6. The molecular formula is C58H45N9Pd2-8. The predicted octanol–water partition coefficient (Wildman–Crippen LogP) is 12.9. The molecule has 0 bridgehead atoms. The van der Waals surface area contributed by atoms with Gasteiger partial charge in [0.2, 0.25) is 0 Å². The van der Waals surface area contributed by atoms with Crippen LogP contribution in [-0.2, 0) is 40.8 Å². The van der Waals surface area contributed by atoms with E-state index in [1.54, 1.807) is 0 Å². The fourth-order valence-electron chi connectivity index (χ4n) is 8.70. The Morgan fingerprint density at radius 3 is 0.884 bits per heavy atom. The Morgan fingerprint density at radius 2 is 0.580 bits per heavy atom. The van der Waals surface area contributed by atoms with E-state index in [4.69, 9.17) is 0 Å². The van der Waals surface area contributed by atoms with Crippen molar-refractivity contribution in [1.82, 2.24) is 4.57 Å². The number of anilines is 8. The van der Waals surface area contributed by atoms with Crippen LogP contribution in [-0.4, -0.2) is 4.57 Å². The summed E-state index contributed by atoms with van der Waals surface area (Å²) in [6, 6.07) is 60.4. The van der Waals surface area contributed by atoms with E-state index in [0.717, 1.165) is 73.0 Å². The van der Waals surface area contributed by atoms with Crippen LogP contribution in [0.1, 0.15) is 22.3 Å². The normalized spacial score (nSPS) is 15.2. The Balaban J connectivity index is 0.00000277. The van der Waals surface area contributed by atoms with Crippen molar-refractivity contribution in [1.29, 1.82) is 0 Å². The molecule has 4 aliphatic rings. The van der Waals surface area contributed by atoms with Crippen molar-refractivity contribution in [2.45, 2.75) is 27.7 Å². The van der Waals surface area contributed by atoms with E-state index in [1.165, 1.54) is 22.3 Å². The molecule has 5 heterocycles. The first-order valence-corrected chi connectivity index (χ1v) is 22.4. The molecule has 0 saturated heterocycles. The maximum absolute atomic E-state index is 3.86. The molecule has 11 heteroatoms. The summed E-state index contributed by atoms with van der Waals surface area (Å²) in [4.78, 5) is 17.0. The van der Waals surface area contributed by atoms with Crippen LogP contribution >= 0.6 is 0 Å². The van der Waals surface area contributed by atoms with Gasteiger partial charge in [0, 0.05) is 63.6 Å². The summed E-state index contributed by atoms with van der Waals surface area (Å²) < 4.78 is 2.22. The van der Waals surface area contributed by atoms with Gasteiger partial charge in [-0.1, -0.05) is 81.8 Å². The molecule has 0 saturated carbocycles. The molecule has 0 aliphatic carbocycles. The summed E-state index contributed by atoms with van der Waals surface area (Å²) in [5.74, 6) is 0. The van der Waals surface area contributed by atoms with E-state index in [1.807, 2.05) is 0 Å². The Morgan fingerprint density at radius 1 is 0.304 bits per heavy atom. The third kappa shape index (κ3) is 8.85. The fraction of sp³-hybridized carbons (Fsp3) is 0.0690. The number of fused-ring (bicyclic) bond motifs is 3. The molecule has 0 amide bonds. The van der Waals surface area contributed by atoms with Crippen molar-refractivity contribution in [2.75, 3.05) is 39.2 Å². The molecule has 7 aromatic carbocycles. The van der Waals surface area contributed by atoms with Gasteiger partial charge in [-0.3, -0.25) is 0 Å². The van der Waals surface area contributed by atoms with Crippen LogP contribution in [0.5, 0.6) is 0 Å². The molecule has 0 spiro atoms. The first-order valence-electron chi connectivity index (χ1n) is 22.4. The summed E-state index contributed by atoms with van der Waals surface area (Å²) in [7, 11) is 0. The Labute approximate surface area is 432 Å². The van der Waals surface area contributed by atoms with Crippen LogP contribution in [0.15, 0.2) is 177 Å². The molecular weight excluding hydrogens is 1040 g/mol. The third-order valence-corrected chi connectivity index (χ3v) is 12.5. The van der Waals surface area contributed by atoms with Crippen LogP contribution in [0.2, 0.25) is 0 Å². The van der Waals surface area contributed by atoms with Crippen LogP contribution in [0, 0.1) is 78.6 Å². The Bertz CT molecular complexity index is 3070. The van der Waals surface area contributed by atoms with E-state index in [0.29, 0.717) is 0 Å².